The number of nitrogens with two attached hydrogens (primary N) is 1. The van der Waals surface area contributed by atoms with Crippen LogP contribution in [0.25, 0.3) is 0 Å². The normalized spacial score (nSPS) is 12.6. The van der Waals surface area contributed by atoms with Crippen molar-refractivity contribution < 1.29 is 0 Å². The Labute approximate surface area is 88.5 Å². The molecule has 2 aromatic rings. The summed E-state index contributed by atoms with van der Waals surface area (Å²) in [5.74, 6) is 6.36. The summed E-state index contributed by atoms with van der Waals surface area (Å²) < 4.78 is 0. The Morgan fingerprint density at radius 3 is 2.73 bits per heavy atom. The van der Waals surface area contributed by atoms with Crippen LogP contribution in [0, 0.1) is 0 Å². The highest BCUT2D eigenvalue weighted by Gasteiger charge is 2.11. The lowest BCUT2D eigenvalue weighted by molar-refractivity contribution is 0.527. The van der Waals surface area contributed by atoms with Crippen LogP contribution in [0.15, 0.2) is 42.7 Å². The molecule has 4 heteroatoms. The number of hydrogen-bond acceptors (Lipinski definition) is 3. The maximum Gasteiger partial charge on any atom is 0.124 e. The molecule has 15 heavy (non-hydrogen) atoms. The van der Waals surface area contributed by atoms with E-state index in [1.54, 1.807) is 12.4 Å². The fraction of sp³-hybridized carbons (Fsp3) is 0.182. The van der Waals surface area contributed by atoms with Crippen LogP contribution in [0.1, 0.15) is 17.4 Å². The number of imidazole rings is 1. The Kier molecular flexibility index (Phi) is 3.11. The van der Waals surface area contributed by atoms with E-state index in [0.717, 1.165) is 12.2 Å². The van der Waals surface area contributed by atoms with E-state index in [4.69, 9.17) is 5.84 Å². The van der Waals surface area contributed by atoms with Crippen molar-refractivity contribution in [1.82, 2.24) is 15.4 Å². The molecule has 1 heterocycles. The number of aromatic amines is 1. The number of benzene rings is 1. The van der Waals surface area contributed by atoms with Crippen molar-refractivity contribution in [3.63, 3.8) is 0 Å². The molecule has 0 saturated carbocycles. The molecule has 4 nitrogen and oxygen atoms in total. The summed E-state index contributed by atoms with van der Waals surface area (Å²) in [6.45, 7) is 0. The summed E-state index contributed by atoms with van der Waals surface area (Å²) in [5.41, 5.74) is 3.99. The van der Waals surface area contributed by atoms with Gasteiger partial charge in [-0.1, -0.05) is 30.3 Å². The first-order chi connectivity index (χ1) is 7.40. The minimum Gasteiger partial charge on any atom is -0.347 e. The molecule has 4 N–H and O–H groups in total. The van der Waals surface area contributed by atoms with E-state index < -0.39 is 0 Å². The predicted octanol–water partition coefficient (Wildman–Crippen LogP) is 1.16. The number of nitrogens with zero attached hydrogens (tertiary/aromatic N) is 1. The van der Waals surface area contributed by atoms with Gasteiger partial charge in [0.2, 0.25) is 0 Å². The molecule has 1 atom stereocenters. The first kappa shape index (κ1) is 9.89. The smallest absolute Gasteiger partial charge is 0.124 e. The van der Waals surface area contributed by atoms with Crippen molar-refractivity contribution in [3.8, 4) is 0 Å². The van der Waals surface area contributed by atoms with Gasteiger partial charge in [-0.3, -0.25) is 5.84 Å². The largest absolute Gasteiger partial charge is 0.347 e. The van der Waals surface area contributed by atoms with Gasteiger partial charge < -0.3 is 4.98 Å². The number of H-pyrrole nitrogens is 1. The van der Waals surface area contributed by atoms with Gasteiger partial charge in [0.25, 0.3) is 0 Å². The van der Waals surface area contributed by atoms with Crippen molar-refractivity contribution in [2.45, 2.75) is 12.5 Å². The van der Waals surface area contributed by atoms with Crippen LogP contribution >= 0.6 is 0 Å². The molecule has 0 amide bonds. The highest BCUT2D eigenvalue weighted by molar-refractivity contribution is 5.17. The van der Waals surface area contributed by atoms with E-state index in [2.05, 4.69) is 27.5 Å². The average Bonchev–Trinajstić information content (AvgIpc) is 2.81. The molecule has 0 aliphatic carbocycles. The van der Waals surface area contributed by atoms with E-state index in [0.29, 0.717) is 0 Å². The van der Waals surface area contributed by atoms with Crippen LogP contribution in [0.2, 0.25) is 0 Å². The summed E-state index contributed by atoms with van der Waals surface area (Å²) in [4.78, 5) is 7.24. The maximum absolute atomic E-state index is 5.50. The number of aromatic nitrogens is 2. The molecule has 0 bridgehead atoms. The molecular weight excluding hydrogens is 188 g/mol. The molecule has 0 aliphatic rings. The van der Waals surface area contributed by atoms with Gasteiger partial charge in [0.05, 0.1) is 6.04 Å². The molecule has 78 valence electrons. The molecule has 0 radical (unpaired) electrons. The second-order valence-corrected chi connectivity index (χ2v) is 3.38. The van der Waals surface area contributed by atoms with Crippen molar-refractivity contribution in [2.75, 3.05) is 0 Å². The molecule has 2 rings (SSSR count). The highest BCUT2D eigenvalue weighted by atomic mass is 15.2. The summed E-state index contributed by atoms with van der Waals surface area (Å²) >= 11 is 0. The Morgan fingerprint density at radius 2 is 2.13 bits per heavy atom. The fourth-order valence-electron chi connectivity index (χ4n) is 1.55. The Morgan fingerprint density at radius 1 is 1.33 bits per heavy atom. The van der Waals surface area contributed by atoms with Crippen LogP contribution < -0.4 is 11.3 Å². The van der Waals surface area contributed by atoms with Crippen LogP contribution in [-0.4, -0.2) is 9.97 Å². The van der Waals surface area contributed by atoms with Crippen molar-refractivity contribution in [3.05, 3.63) is 54.1 Å². The van der Waals surface area contributed by atoms with E-state index in [1.807, 2.05) is 18.2 Å². The van der Waals surface area contributed by atoms with Gasteiger partial charge in [-0.2, -0.15) is 0 Å². The molecule has 0 saturated heterocycles. The van der Waals surface area contributed by atoms with Crippen LogP contribution in [-0.2, 0) is 6.42 Å². The summed E-state index contributed by atoms with van der Waals surface area (Å²) in [6, 6.07) is 10.2. The van der Waals surface area contributed by atoms with Gasteiger partial charge in [0.1, 0.15) is 5.82 Å². The third-order valence-corrected chi connectivity index (χ3v) is 2.33. The number of nitrogens with one attached hydrogen (secondary N) is 2. The van der Waals surface area contributed by atoms with E-state index in [1.165, 1.54) is 5.56 Å². The SMILES string of the molecule is NNC(Cc1ccccc1)c1ncc[nH]1. The van der Waals surface area contributed by atoms with Gasteiger partial charge in [0.15, 0.2) is 0 Å². The molecule has 0 aliphatic heterocycles. The first-order valence-corrected chi connectivity index (χ1v) is 4.89. The summed E-state index contributed by atoms with van der Waals surface area (Å²) in [7, 11) is 0. The monoisotopic (exact) mass is 202 g/mol. The Balaban J connectivity index is 2.10. The molecule has 1 unspecified atom stereocenters. The number of rotatable bonds is 4. The first-order valence-electron chi connectivity index (χ1n) is 4.89. The van der Waals surface area contributed by atoms with E-state index >= 15 is 0 Å². The topological polar surface area (TPSA) is 66.7 Å². The lowest BCUT2D eigenvalue weighted by Crippen LogP contribution is -2.30. The van der Waals surface area contributed by atoms with Gasteiger partial charge in [-0.15, -0.1) is 0 Å². The zero-order valence-corrected chi connectivity index (χ0v) is 8.35. The third kappa shape index (κ3) is 2.43. The van der Waals surface area contributed by atoms with Crippen molar-refractivity contribution >= 4 is 0 Å². The van der Waals surface area contributed by atoms with Crippen LogP contribution in [0.4, 0.5) is 0 Å². The van der Waals surface area contributed by atoms with E-state index in [9.17, 15) is 0 Å². The average molecular weight is 202 g/mol. The van der Waals surface area contributed by atoms with Crippen LogP contribution in [0.3, 0.4) is 0 Å². The lowest BCUT2D eigenvalue weighted by atomic mass is 10.1. The maximum atomic E-state index is 5.50. The second kappa shape index (κ2) is 4.72. The molecule has 1 aromatic carbocycles. The number of hydrogen-bond donors (Lipinski definition) is 3. The van der Waals surface area contributed by atoms with Gasteiger partial charge >= 0.3 is 0 Å². The third-order valence-electron chi connectivity index (χ3n) is 2.33. The predicted molar refractivity (Wildman–Crippen MR) is 58.8 cm³/mol. The molecule has 0 fully saturated rings. The quantitative estimate of drug-likeness (QED) is 0.515. The second-order valence-electron chi connectivity index (χ2n) is 3.38. The minimum atomic E-state index is 0.0300. The lowest BCUT2D eigenvalue weighted by Gasteiger charge is -2.13. The standard InChI is InChI=1S/C11H14N4/c12-15-10(11-13-6-7-14-11)8-9-4-2-1-3-5-9/h1-7,10,15H,8,12H2,(H,13,14). The van der Waals surface area contributed by atoms with Gasteiger partial charge in [-0.25, -0.2) is 10.4 Å². The zero-order chi connectivity index (χ0) is 10.5. The van der Waals surface area contributed by atoms with Gasteiger partial charge in [-0.05, 0) is 12.0 Å². The Bertz CT molecular complexity index is 382. The highest BCUT2D eigenvalue weighted by Crippen LogP contribution is 2.13. The van der Waals surface area contributed by atoms with Gasteiger partial charge in [0, 0.05) is 12.4 Å². The molecular formula is C11H14N4. The van der Waals surface area contributed by atoms with Crippen molar-refractivity contribution in [1.29, 1.82) is 0 Å². The van der Waals surface area contributed by atoms with Crippen molar-refractivity contribution in [2.24, 2.45) is 5.84 Å². The fourth-order valence-corrected chi connectivity index (χ4v) is 1.55. The summed E-state index contributed by atoms with van der Waals surface area (Å²) in [5, 5.41) is 0. The summed E-state index contributed by atoms with van der Waals surface area (Å²) in [6.07, 6.45) is 4.35. The minimum absolute atomic E-state index is 0.0300. The zero-order valence-electron chi connectivity index (χ0n) is 8.35. The molecule has 0 spiro atoms. The molecule has 1 aromatic heterocycles. The van der Waals surface area contributed by atoms with Crippen LogP contribution in [0.5, 0.6) is 0 Å². The van der Waals surface area contributed by atoms with E-state index in [-0.39, 0.29) is 6.04 Å². The number of hydrazine groups is 1. The Hall–Kier alpha value is -1.65.